The molecule has 2 amide bonds. The topological polar surface area (TPSA) is 35.6 Å². The van der Waals surface area contributed by atoms with Crippen LogP contribution in [0.25, 0.3) is 0 Å². The first-order valence-electron chi connectivity index (χ1n) is 7.96. The molecule has 1 aromatic carbocycles. The van der Waals surface area contributed by atoms with Crippen LogP contribution in [0.2, 0.25) is 10.0 Å². The molecule has 0 spiro atoms. The normalized spacial score (nSPS) is 22.9. The van der Waals surface area contributed by atoms with Crippen LogP contribution in [0.5, 0.6) is 0 Å². The molecule has 2 aliphatic rings. The molecule has 0 aliphatic carbocycles. The third kappa shape index (κ3) is 4.47. The lowest BCUT2D eigenvalue weighted by molar-refractivity contribution is 0.202. The molecule has 1 unspecified atom stereocenters. The SMILES string of the molecule is O=C(Nc1ccc(Cl)c(Cl)c1)N1CCCN(C2CCSC2)CC1. The molecule has 0 aromatic heterocycles. The summed E-state index contributed by atoms with van der Waals surface area (Å²) in [6, 6.07) is 5.78. The second kappa shape index (κ2) is 7.97. The van der Waals surface area contributed by atoms with E-state index in [0.29, 0.717) is 21.8 Å². The lowest BCUT2D eigenvalue weighted by atomic mass is 10.2. The minimum atomic E-state index is -0.0639. The lowest BCUT2D eigenvalue weighted by Gasteiger charge is -2.26. The molecule has 0 saturated carbocycles. The standard InChI is InChI=1S/C16H21Cl2N3OS/c17-14-3-2-12(10-15(14)18)19-16(22)21-6-1-5-20(7-8-21)13-4-9-23-11-13/h2-3,10,13H,1,4-9,11H2,(H,19,22). The van der Waals surface area contributed by atoms with Crippen LogP contribution in [0.3, 0.4) is 0 Å². The zero-order valence-electron chi connectivity index (χ0n) is 12.9. The Hall–Kier alpha value is -0.620. The van der Waals surface area contributed by atoms with Crippen LogP contribution in [0.1, 0.15) is 12.8 Å². The van der Waals surface area contributed by atoms with Gasteiger partial charge in [-0.1, -0.05) is 23.2 Å². The fourth-order valence-electron chi connectivity index (χ4n) is 3.09. The predicted molar refractivity (Wildman–Crippen MR) is 99.0 cm³/mol. The van der Waals surface area contributed by atoms with Gasteiger partial charge in [-0.15, -0.1) is 0 Å². The Kier molecular flexibility index (Phi) is 5.96. The number of halogens is 2. The fourth-order valence-corrected chi connectivity index (χ4v) is 4.65. The summed E-state index contributed by atoms with van der Waals surface area (Å²) in [6.07, 6.45) is 2.30. The van der Waals surface area contributed by atoms with Gasteiger partial charge in [0.15, 0.2) is 0 Å². The van der Waals surface area contributed by atoms with Gasteiger partial charge < -0.3 is 10.2 Å². The van der Waals surface area contributed by atoms with Gasteiger partial charge in [-0.05, 0) is 36.8 Å². The molecule has 0 bridgehead atoms. The van der Waals surface area contributed by atoms with Crippen molar-refractivity contribution < 1.29 is 4.79 Å². The summed E-state index contributed by atoms with van der Waals surface area (Å²) in [5.74, 6) is 2.50. The summed E-state index contributed by atoms with van der Waals surface area (Å²) in [4.78, 5) is 16.9. The maximum Gasteiger partial charge on any atom is 0.321 e. The smallest absolute Gasteiger partial charge is 0.321 e. The van der Waals surface area contributed by atoms with Crippen LogP contribution >= 0.6 is 35.0 Å². The maximum atomic E-state index is 12.5. The average Bonchev–Trinajstić information content (AvgIpc) is 2.95. The first kappa shape index (κ1) is 17.2. The summed E-state index contributed by atoms with van der Waals surface area (Å²) < 4.78 is 0. The molecule has 1 atom stereocenters. The van der Waals surface area contributed by atoms with Gasteiger partial charge in [-0.2, -0.15) is 11.8 Å². The zero-order chi connectivity index (χ0) is 16.2. The van der Waals surface area contributed by atoms with Gasteiger partial charge in [-0.25, -0.2) is 4.79 Å². The molecular formula is C16H21Cl2N3OS. The molecule has 2 fully saturated rings. The van der Waals surface area contributed by atoms with Crippen molar-refractivity contribution in [2.75, 3.05) is 43.0 Å². The Bertz CT molecular complexity index is 566. The Balaban J connectivity index is 1.56. The maximum absolute atomic E-state index is 12.5. The van der Waals surface area contributed by atoms with E-state index in [2.05, 4.69) is 10.2 Å². The molecule has 1 N–H and O–H groups in total. The van der Waals surface area contributed by atoms with Crippen molar-refractivity contribution in [3.8, 4) is 0 Å². The van der Waals surface area contributed by atoms with Crippen molar-refractivity contribution in [2.24, 2.45) is 0 Å². The number of hydrogen-bond donors (Lipinski definition) is 1. The number of benzene rings is 1. The Labute approximate surface area is 151 Å². The van der Waals surface area contributed by atoms with E-state index in [1.54, 1.807) is 18.2 Å². The van der Waals surface area contributed by atoms with Gasteiger partial charge >= 0.3 is 6.03 Å². The Morgan fingerprint density at radius 1 is 1.17 bits per heavy atom. The summed E-state index contributed by atoms with van der Waals surface area (Å²) in [7, 11) is 0. The molecule has 2 heterocycles. The summed E-state index contributed by atoms with van der Waals surface area (Å²) in [6.45, 7) is 3.61. The monoisotopic (exact) mass is 373 g/mol. The summed E-state index contributed by atoms with van der Waals surface area (Å²) in [5.41, 5.74) is 0.678. The van der Waals surface area contributed by atoms with E-state index in [4.69, 9.17) is 23.2 Å². The second-order valence-corrected chi connectivity index (χ2v) is 7.92. The van der Waals surface area contributed by atoms with Gasteiger partial charge in [0.2, 0.25) is 0 Å². The van der Waals surface area contributed by atoms with Crippen LogP contribution in [-0.4, -0.2) is 59.6 Å². The number of urea groups is 1. The Morgan fingerprint density at radius 3 is 2.78 bits per heavy atom. The van der Waals surface area contributed by atoms with Crippen molar-refractivity contribution >= 4 is 46.7 Å². The number of carbonyl (C=O) groups excluding carboxylic acids is 1. The van der Waals surface area contributed by atoms with E-state index in [0.717, 1.165) is 32.6 Å². The van der Waals surface area contributed by atoms with Crippen molar-refractivity contribution in [3.05, 3.63) is 28.2 Å². The van der Waals surface area contributed by atoms with Gasteiger partial charge in [-0.3, -0.25) is 4.90 Å². The third-order valence-electron chi connectivity index (χ3n) is 4.41. The molecule has 126 valence electrons. The molecule has 23 heavy (non-hydrogen) atoms. The molecule has 3 rings (SSSR count). The van der Waals surface area contributed by atoms with Gasteiger partial charge in [0.1, 0.15) is 0 Å². The van der Waals surface area contributed by atoms with Gasteiger partial charge in [0, 0.05) is 43.7 Å². The summed E-state index contributed by atoms with van der Waals surface area (Å²) >= 11 is 13.9. The van der Waals surface area contributed by atoms with Gasteiger partial charge in [0.05, 0.1) is 10.0 Å². The first-order chi connectivity index (χ1) is 11.1. The fraction of sp³-hybridized carbons (Fsp3) is 0.562. The molecule has 2 saturated heterocycles. The van der Waals surface area contributed by atoms with E-state index in [-0.39, 0.29) is 6.03 Å². The van der Waals surface area contributed by atoms with Crippen molar-refractivity contribution in [2.45, 2.75) is 18.9 Å². The highest BCUT2D eigenvalue weighted by Crippen LogP contribution is 2.26. The average molecular weight is 374 g/mol. The van der Waals surface area contributed by atoms with Crippen molar-refractivity contribution in [3.63, 3.8) is 0 Å². The third-order valence-corrected chi connectivity index (χ3v) is 6.29. The highest BCUT2D eigenvalue weighted by atomic mass is 35.5. The molecule has 1 aromatic rings. The highest BCUT2D eigenvalue weighted by molar-refractivity contribution is 7.99. The molecule has 2 aliphatic heterocycles. The number of carbonyl (C=O) groups is 1. The lowest BCUT2D eigenvalue weighted by Crippen LogP contribution is -2.40. The Morgan fingerprint density at radius 2 is 2.04 bits per heavy atom. The highest BCUT2D eigenvalue weighted by Gasteiger charge is 2.26. The zero-order valence-corrected chi connectivity index (χ0v) is 15.3. The van der Waals surface area contributed by atoms with Gasteiger partial charge in [0.25, 0.3) is 0 Å². The number of thioether (sulfide) groups is 1. The largest absolute Gasteiger partial charge is 0.323 e. The molecule has 4 nitrogen and oxygen atoms in total. The van der Waals surface area contributed by atoms with Crippen LogP contribution < -0.4 is 5.32 Å². The molecule has 0 radical (unpaired) electrons. The molecule has 7 heteroatoms. The van der Waals surface area contributed by atoms with E-state index in [1.807, 2.05) is 16.7 Å². The minimum Gasteiger partial charge on any atom is -0.323 e. The van der Waals surface area contributed by atoms with Crippen LogP contribution in [0.4, 0.5) is 10.5 Å². The van der Waals surface area contributed by atoms with E-state index >= 15 is 0 Å². The number of hydrogen-bond acceptors (Lipinski definition) is 3. The van der Waals surface area contributed by atoms with Crippen molar-refractivity contribution in [1.82, 2.24) is 9.80 Å². The second-order valence-electron chi connectivity index (χ2n) is 5.95. The minimum absolute atomic E-state index is 0.0639. The van der Waals surface area contributed by atoms with Crippen molar-refractivity contribution in [1.29, 1.82) is 0 Å². The number of nitrogens with zero attached hydrogens (tertiary/aromatic N) is 2. The number of nitrogens with one attached hydrogen (secondary N) is 1. The van der Waals surface area contributed by atoms with E-state index in [1.165, 1.54) is 17.9 Å². The van der Waals surface area contributed by atoms with Crippen LogP contribution in [-0.2, 0) is 0 Å². The number of amides is 2. The predicted octanol–water partition coefficient (Wildman–Crippen LogP) is 4.04. The number of rotatable bonds is 2. The van der Waals surface area contributed by atoms with Crippen LogP contribution in [0, 0.1) is 0 Å². The summed E-state index contributed by atoms with van der Waals surface area (Å²) in [5, 5.41) is 3.85. The quantitative estimate of drug-likeness (QED) is 0.849. The first-order valence-corrected chi connectivity index (χ1v) is 9.87. The van der Waals surface area contributed by atoms with Crippen LogP contribution in [0.15, 0.2) is 18.2 Å². The van der Waals surface area contributed by atoms with E-state index in [9.17, 15) is 4.79 Å². The molecular weight excluding hydrogens is 353 g/mol. The number of anilines is 1. The van der Waals surface area contributed by atoms with E-state index < -0.39 is 0 Å².